The molecule has 2 N–H and O–H groups in total. The first-order valence-corrected chi connectivity index (χ1v) is 18.1. The molecule has 2 saturated heterocycles. The maximum Gasteiger partial charge on any atom is 0.407 e. The van der Waals surface area contributed by atoms with E-state index in [1.165, 1.54) is 20.6 Å². The van der Waals surface area contributed by atoms with Gasteiger partial charge in [-0.25, -0.2) is 19.8 Å². The van der Waals surface area contributed by atoms with Crippen molar-refractivity contribution < 1.29 is 28.9 Å². The molecule has 0 radical (unpaired) electrons. The zero-order chi connectivity index (χ0) is 37.4. The van der Waals surface area contributed by atoms with Crippen LogP contribution in [-0.2, 0) is 30.5 Å². The Labute approximate surface area is 313 Å². The number of amides is 3. The number of H-pyrrole nitrogens is 1. The summed E-state index contributed by atoms with van der Waals surface area (Å²) in [7, 11) is 2.67. The van der Waals surface area contributed by atoms with Gasteiger partial charge in [-0.15, -0.1) is 0 Å². The van der Waals surface area contributed by atoms with Crippen molar-refractivity contribution in [1.29, 1.82) is 0 Å². The van der Waals surface area contributed by atoms with Crippen molar-refractivity contribution in [2.24, 2.45) is 4.99 Å². The predicted molar refractivity (Wildman–Crippen MR) is 202 cm³/mol. The van der Waals surface area contributed by atoms with Crippen LogP contribution in [0.2, 0.25) is 0 Å². The van der Waals surface area contributed by atoms with Crippen LogP contribution in [0.15, 0.2) is 102 Å². The first-order valence-electron chi connectivity index (χ1n) is 18.1. The Balaban J connectivity index is 1.05. The van der Waals surface area contributed by atoms with Gasteiger partial charge in [0.15, 0.2) is 11.7 Å². The predicted octanol–water partition coefficient (Wildman–Crippen LogP) is 6.27. The van der Waals surface area contributed by atoms with E-state index in [0.717, 1.165) is 54.4 Å². The number of pyridine rings is 1. The summed E-state index contributed by atoms with van der Waals surface area (Å²) >= 11 is 0. The summed E-state index contributed by atoms with van der Waals surface area (Å²) < 4.78 is 4.83. The Kier molecular flexibility index (Phi) is 11.2. The zero-order valence-corrected chi connectivity index (χ0v) is 30.3. The van der Waals surface area contributed by atoms with Gasteiger partial charge in [0.05, 0.1) is 20.3 Å². The topological polar surface area (TPSA) is 151 Å². The average Bonchev–Trinajstić information content (AvgIpc) is 3.99. The molecule has 2 unspecified atom stereocenters. The molecule has 2 aromatic heterocycles. The fourth-order valence-electron chi connectivity index (χ4n) is 7.48. The number of nitrogens with one attached hydrogen (secondary N) is 2. The third-order valence-electron chi connectivity index (χ3n) is 10.2. The smallest absolute Gasteiger partial charge is 0.407 e. The van der Waals surface area contributed by atoms with Crippen LogP contribution in [0.5, 0.6) is 0 Å². The SMILES string of the molecule is COO/C=N\[C@@H](C(=O)N1CCC[C@H]1Cc1ccc(-c2cnc3[nH]c(C4CCCN4C(=O)C(NC(=O)OC)c4ccccc4)nc3c2)cc1)c1ccccc1. The molecule has 3 amide bonds. The molecule has 5 aromatic rings. The van der Waals surface area contributed by atoms with Gasteiger partial charge in [0.1, 0.15) is 17.4 Å². The number of methoxy groups -OCH3 is 1. The molecule has 278 valence electrons. The second-order valence-electron chi connectivity index (χ2n) is 13.4. The molecule has 2 aliphatic heterocycles. The minimum atomic E-state index is -0.893. The number of alkyl carbamates (subject to hydrolysis) is 1. The maximum absolute atomic E-state index is 13.9. The molecule has 2 fully saturated rings. The lowest BCUT2D eigenvalue weighted by atomic mass is 9.99. The quantitative estimate of drug-likeness (QED) is 0.0661. The number of fused-ring (bicyclic) bond motifs is 1. The van der Waals surface area contributed by atoms with E-state index < -0.39 is 18.2 Å². The van der Waals surface area contributed by atoms with E-state index in [2.05, 4.69) is 49.4 Å². The Bertz CT molecular complexity index is 2090. The highest BCUT2D eigenvalue weighted by Crippen LogP contribution is 2.35. The van der Waals surface area contributed by atoms with Gasteiger partial charge in [-0.05, 0) is 60.4 Å². The second kappa shape index (κ2) is 16.7. The van der Waals surface area contributed by atoms with Crippen molar-refractivity contribution in [3.05, 3.63) is 120 Å². The maximum atomic E-state index is 13.9. The van der Waals surface area contributed by atoms with E-state index in [1.54, 1.807) is 4.90 Å². The van der Waals surface area contributed by atoms with E-state index in [1.807, 2.05) is 77.8 Å². The molecule has 2 aliphatic rings. The average molecular weight is 730 g/mol. The normalized spacial score (nSPS) is 18.2. The highest BCUT2D eigenvalue weighted by molar-refractivity contribution is 5.88. The lowest BCUT2D eigenvalue weighted by Gasteiger charge is -2.28. The Morgan fingerprint density at radius 3 is 2.31 bits per heavy atom. The molecule has 0 bridgehead atoms. The lowest BCUT2D eigenvalue weighted by molar-refractivity contribution is -0.188. The number of likely N-dealkylation sites (tertiary alicyclic amines) is 2. The summed E-state index contributed by atoms with van der Waals surface area (Å²) in [5.41, 5.74) is 5.83. The van der Waals surface area contributed by atoms with Crippen molar-refractivity contribution in [1.82, 2.24) is 30.1 Å². The number of imidazole rings is 1. The summed E-state index contributed by atoms with van der Waals surface area (Å²) in [6.45, 7) is 1.21. The van der Waals surface area contributed by atoms with E-state index in [0.29, 0.717) is 35.6 Å². The van der Waals surface area contributed by atoms with Gasteiger partial charge >= 0.3 is 6.09 Å². The van der Waals surface area contributed by atoms with Gasteiger partial charge in [0, 0.05) is 30.9 Å². The highest BCUT2D eigenvalue weighted by Gasteiger charge is 2.37. The molecule has 54 heavy (non-hydrogen) atoms. The molecule has 7 rings (SSSR count). The van der Waals surface area contributed by atoms with Gasteiger partial charge < -0.3 is 29.7 Å². The number of aromatic amines is 1. The van der Waals surface area contributed by atoms with Crippen molar-refractivity contribution >= 4 is 35.5 Å². The van der Waals surface area contributed by atoms with Crippen LogP contribution in [-0.4, -0.2) is 82.4 Å². The van der Waals surface area contributed by atoms with Crippen LogP contribution in [0.3, 0.4) is 0 Å². The molecule has 0 aliphatic carbocycles. The van der Waals surface area contributed by atoms with E-state index >= 15 is 0 Å². The van der Waals surface area contributed by atoms with E-state index in [9.17, 15) is 14.4 Å². The number of hydrogen-bond donors (Lipinski definition) is 2. The van der Waals surface area contributed by atoms with Crippen LogP contribution >= 0.6 is 0 Å². The molecule has 4 heterocycles. The van der Waals surface area contributed by atoms with Crippen molar-refractivity contribution in [2.45, 2.75) is 56.3 Å². The third kappa shape index (κ3) is 7.96. The third-order valence-corrected chi connectivity index (χ3v) is 10.2. The van der Waals surface area contributed by atoms with Gasteiger partial charge in [0.25, 0.3) is 11.8 Å². The Morgan fingerprint density at radius 2 is 1.59 bits per heavy atom. The first kappa shape index (κ1) is 36.3. The molecule has 4 atom stereocenters. The summed E-state index contributed by atoms with van der Waals surface area (Å²) in [4.78, 5) is 70.5. The molecule has 0 saturated carbocycles. The fourth-order valence-corrected chi connectivity index (χ4v) is 7.48. The monoisotopic (exact) mass is 729 g/mol. The number of aromatic nitrogens is 3. The number of carbonyl (C=O) groups excluding carboxylic acids is 3. The molecule has 0 spiro atoms. The minimum Gasteiger partial charge on any atom is -0.453 e. The largest absolute Gasteiger partial charge is 0.453 e. The highest BCUT2D eigenvalue weighted by atomic mass is 17.2. The molecular weight excluding hydrogens is 686 g/mol. The molecule has 3 aromatic carbocycles. The van der Waals surface area contributed by atoms with Gasteiger partial charge in [0.2, 0.25) is 6.40 Å². The van der Waals surface area contributed by atoms with E-state index in [4.69, 9.17) is 14.6 Å². The van der Waals surface area contributed by atoms with Crippen LogP contribution in [0.4, 0.5) is 4.79 Å². The van der Waals surface area contributed by atoms with Crippen LogP contribution in [0, 0.1) is 0 Å². The van der Waals surface area contributed by atoms with E-state index in [-0.39, 0.29) is 23.9 Å². The molecule has 13 heteroatoms. The summed E-state index contributed by atoms with van der Waals surface area (Å²) in [5.74, 6) is 0.366. The van der Waals surface area contributed by atoms with Crippen molar-refractivity contribution in [3.8, 4) is 11.1 Å². The minimum absolute atomic E-state index is 0.0508. The van der Waals surface area contributed by atoms with Crippen LogP contribution in [0.1, 0.15) is 66.3 Å². The van der Waals surface area contributed by atoms with Gasteiger partial charge in [-0.1, -0.05) is 84.9 Å². The number of rotatable bonds is 12. The number of carbonyl (C=O) groups is 3. The number of aliphatic imine (C=N–C) groups is 1. The molecule has 13 nitrogen and oxygen atoms in total. The fraction of sp³-hybridized carbons (Fsp3) is 0.317. The van der Waals surface area contributed by atoms with Gasteiger partial charge in [-0.2, -0.15) is 4.89 Å². The van der Waals surface area contributed by atoms with Crippen LogP contribution < -0.4 is 5.32 Å². The summed E-state index contributed by atoms with van der Waals surface area (Å²) in [5, 5.41) is 2.71. The number of benzene rings is 3. The van der Waals surface area contributed by atoms with Crippen LogP contribution in [0.25, 0.3) is 22.3 Å². The Morgan fingerprint density at radius 1 is 0.889 bits per heavy atom. The Hall–Kier alpha value is -6.08. The number of hydrogen-bond acceptors (Lipinski definition) is 9. The summed E-state index contributed by atoms with van der Waals surface area (Å²) in [6, 6.07) is 27.1. The zero-order valence-electron chi connectivity index (χ0n) is 30.3. The van der Waals surface area contributed by atoms with Crippen molar-refractivity contribution in [2.75, 3.05) is 27.3 Å². The number of nitrogens with zero attached hydrogens (tertiary/aromatic N) is 5. The lowest BCUT2D eigenvalue weighted by Crippen LogP contribution is -2.42. The standard InChI is InChI=1S/C41H43N7O6/c1-52-41(51)45-36(30-13-7-4-8-14-30)40(50)48-22-10-16-34(48)38-44-33-24-31(25-42-37(33)46-38)28-19-17-27(18-20-28)23-32-15-9-21-47(32)39(49)35(43-26-54-53-2)29-11-5-3-6-12-29/h3-8,11-14,17-20,24-26,32,34-36H,9-10,15-16,21-23H2,1-2H3,(H,45,51)(H,42,44,46)/b43-26-/t32-,34?,35+,36?/m0/s1. The summed E-state index contributed by atoms with van der Waals surface area (Å²) in [6.07, 6.45) is 6.41. The van der Waals surface area contributed by atoms with Gasteiger partial charge in [-0.3, -0.25) is 9.59 Å². The first-order chi connectivity index (χ1) is 26.4. The molecular formula is C41H43N7O6. The van der Waals surface area contributed by atoms with Crippen molar-refractivity contribution in [3.63, 3.8) is 0 Å². The second-order valence-corrected chi connectivity index (χ2v) is 13.4. The number of ether oxygens (including phenoxy) is 1.